The molecule has 2 aromatic carbocycles. The van der Waals surface area contributed by atoms with Crippen LogP contribution in [0.5, 0.6) is 0 Å². The number of carbonyl (C=O) groups excluding carboxylic acids is 1. The molecule has 0 bridgehead atoms. The van der Waals surface area contributed by atoms with Crippen LogP contribution in [0.15, 0.2) is 47.4 Å². The first-order valence-electron chi connectivity index (χ1n) is 7.68. The Morgan fingerprint density at radius 3 is 2.38 bits per heavy atom. The van der Waals surface area contributed by atoms with E-state index in [0.717, 1.165) is 12.1 Å². The summed E-state index contributed by atoms with van der Waals surface area (Å²) in [6, 6.07) is 8.42. The summed E-state index contributed by atoms with van der Waals surface area (Å²) in [5.41, 5.74) is 0.402. The van der Waals surface area contributed by atoms with Gasteiger partial charge in [0.05, 0.1) is 10.9 Å². The largest absolute Gasteiger partial charge is 0.350 e. The number of rotatable bonds is 7. The van der Waals surface area contributed by atoms with Gasteiger partial charge < -0.3 is 5.32 Å². The monoisotopic (exact) mass is 402 g/mol. The number of sulfonamides is 1. The van der Waals surface area contributed by atoms with E-state index >= 15 is 0 Å². The van der Waals surface area contributed by atoms with Gasteiger partial charge in [-0.3, -0.25) is 4.79 Å². The predicted octanol–water partition coefficient (Wildman–Crippen LogP) is 3.16. The zero-order valence-corrected chi connectivity index (χ0v) is 15.4. The van der Waals surface area contributed by atoms with Crippen molar-refractivity contribution in [2.24, 2.45) is 0 Å². The standard InChI is InChI=1S/C17H17ClF2N2O3S/c1-11(12-2-7-15(19)16(20)10-12)22-17(23)8-9-21-26(24,25)14-5-3-13(18)4-6-14/h2-7,10-11,21H,8-9H2,1H3,(H,22,23)/t11-/m1/s1. The average molecular weight is 403 g/mol. The van der Waals surface area contributed by atoms with Crippen molar-refractivity contribution in [3.8, 4) is 0 Å². The minimum atomic E-state index is -3.74. The van der Waals surface area contributed by atoms with E-state index in [1.807, 2.05) is 0 Å². The fraction of sp³-hybridized carbons (Fsp3) is 0.235. The molecule has 9 heteroatoms. The molecule has 0 aromatic heterocycles. The Morgan fingerprint density at radius 1 is 1.12 bits per heavy atom. The Labute approximate surface area is 155 Å². The van der Waals surface area contributed by atoms with Gasteiger partial charge >= 0.3 is 0 Å². The molecule has 0 aliphatic carbocycles. The number of hydrogen-bond acceptors (Lipinski definition) is 3. The molecule has 2 N–H and O–H groups in total. The van der Waals surface area contributed by atoms with Crippen LogP contribution in [0.1, 0.15) is 24.9 Å². The van der Waals surface area contributed by atoms with Gasteiger partial charge in [-0.1, -0.05) is 17.7 Å². The molecule has 1 atom stereocenters. The average Bonchev–Trinajstić information content (AvgIpc) is 2.57. The molecule has 0 heterocycles. The smallest absolute Gasteiger partial charge is 0.240 e. The van der Waals surface area contributed by atoms with Gasteiger partial charge in [0.15, 0.2) is 11.6 Å². The van der Waals surface area contributed by atoms with E-state index in [0.29, 0.717) is 10.6 Å². The van der Waals surface area contributed by atoms with Crippen molar-refractivity contribution < 1.29 is 22.0 Å². The lowest BCUT2D eigenvalue weighted by Crippen LogP contribution is -2.32. The quantitative estimate of drug-likeness (QED) is 0.747. The summed E-state index contributed by atoms with van der Waals surface area (Å²) < 4.78 is 52.6. The summed E-state index contributed by atoms with van der Waals surface area (Å²) in [4.78, 5) is 12.0. The Morgan fingerprint density at radius 2 is 1.77 bits per heavy atom. The maximum Gasteiger partial charge on any atom is 0.240 e. The predicted molar refractivity (Wildman–Crippen MR) is 94.2 cm³/mol. The summed E-state index contributed by atoms with van der Waals surface area (Å²) in [5, 5.41) is 3.01. The highest BCUT2D eigenvalue weighted by atomic mass is 35.5. The minimum Gasteiger partial charge on any atom is -0.350 e. The summed E-state index contributed by atoms with van der Waals surface area (Å²) >= 11 is 5.71. The maximum atomic E-state index is 13.2. The van der Waals surface area contributed by atoms with Gasteiger partial charge in [0.2, 0.25) is 15.9 Å². The maximum absolute atomic E-state index is 13.2. The Kier molecular flexibility index (Phi) is 6.69. The van der Waals surface area contributed by atoms with Crippen LogP contribution in [0, 0.1) is 11.6 Å². The molecule has 0 saturated heterocycles. The highest BCUT2D eigenvalue weighted by Crippen LogP contribution is 2.16. The van der Waals surface area contributed by atoms with E-state index in [1.54, 1.807) is 6.92 Å². The highest BCUT2D eigenvalue weighted by molar-refractivity contribution is 7.89. The van der Waals surface area contributed by atoms with E-state index in [9.17, 15) is 22.0 Å². The van der Waals surface area contributed by atoms with Crippen LogP contribution in [0.2, 0.25) is 5.02 Å². The normalized spacial score (nSPS) is 12.6. The van der Waals surface area contributed by atoms with Crippen LogP contribution >= 0.6 is 11.6 Å². The SMILES string of the molecule is C[C@@H](NC(=O)CCNS(=O)(=O)c1ccc(Cl)cc1)c1ccc(F)c(F)c1. The van der Waals surface area contributed by atoms with Gasteiger partial charge in [0, 0.05) is 18.0 Å². The molecule has 0 fully saturated rings. The van der Waals surface area contributed by atoms with E-state index in [-0.39, 0.29) is 17.9 Å². The molecule has 140 valence electrons. The molecule has 0 radical (unpaired) electrons. The lowest BCUT2D eigenvalue weighted by atomic mass is 10.1. The van der Waals surface area contributed by atoms with Crippen molar-refractivity contribution in [3.63, 3.8) is 0 Å². The zero-order valence-electron chi connectivity index (χ0n) is 13.8. The highest BCUT2D eigenvalue weighted by Gasteiger charge is 2.15. The lowest BCUT2D eigenvalue weighted by molar-refractivity contribution is -0.121. The van der Waals surface area contributed by atoms with Crippen LogP contribution in [-0.2, 0) is 14.8 Å². The molecule has 0 aliphatic heterocycles. The Balaban J connectivity index is 1.86. The first kappa shape index (κ1) is 20.3. The molecule has 0 unspecified atom stereocenters. The Hall–Kier alpha value is -2.03. The first-order valence-corrected chi connectivity index (χ1v) is 9.54. The molecular formula is C17H17ClF2N2O3S. The molecule has 0 spiro atoms. The first-order chi connectivity index (χ1) is 12.2. The molecule has 2 rings (SSSR count). The van der Waals surface area contributed by atoms with Crippen molar-refractivity contribution in [2.45, 2.75) is 24.3 Å². The molecule has 26 heavy (non-hydrogen) atoms. The number of carbonyl (C=O) groups is 1. The molecule has 1 amide bonds. The zero-order chi connectivity index (χ0) is 19.3. The van der Waals surface area contributed by atoms with E-state index in [4.69, 9.17) is 11.6 Å². The van der Waals surface area contributed by atoms with Crippen molar-refractivity contribution >= 4 is 27.5 Å². The molecular weight excluding hydrogens is 386 g/mol. The van der Waals surface area contributed by atoms with Crippen molar-refractivity contribution in [1.29, 1.82) is 0 Å². The number of amides is 1. The fourth-order valence-corrected chi connectivity index (χ4v) is 3.33. The molecule has 5 nitrogen and oxygen atoms in total. The number of halogens is 3. The molecule has 0 saturated carbocycles. The van der Waals surface area contributed by atoms with Crippen LogP contribution < -0.4 is 10.0 Å². The van der Waals surface area contributed by atoms with Crippen LogP contribution in [0.25, 0.3) is 0 Å². The second-order valence-corrected chi connectivity index (χ2v) is 7.77. The summed E-state index contributed by atoms with van der Waals surface area (Å²) in [6.07, 6.45) is -0.110. The van der Waals surface area contributed by atoms with Crippen molar-refractivity contribution in [2.75, 3.05) is 6.54 Å². The van der Waals surface area contributed by atoms with Crippen molar-refractivity contribution in [3.05, 3.63) is 64.7 Å². The lowest BCUT2D eigenvalue weighted by Gasteiger charge is -2.15. The second kappa shape index (κ2) is 8.57. The van der Waals surface area contributed by atoms with E-state index in [1.165, 1.54) is 30.3 Å². The van der Waals surface area contributed by atoms with E-state index in [2.05, 4.69) is 10.0 Å². The van der Waals surface area contributed by atoms with Crippen LogP contribution in [-0.4, -0.2) is 20.9 Å². The number of hydrogen-bond donors (Lipinski definition) is 2. The van der Waals surface area contributed by atoms with Gasteiger partial charge in [0.25, 0.3) is 0 Å². The van der Waals surface area contributed by atoms with Gasteiger partial charge in [-0.2, -0.15) is 0 Å². The third-order valence-corrected chi connectivity index (χ3v) is 5.32. The molecule has 0 aliphatic rings. The summed E-state index contributed by atoms with van der Waals surface area (Å²) in [6.45, 7) is 1.50. The fourth-order valence-electron chi connectivity index (χ4n) is 2.17. The summed E-state index contributed by atoms with van der Waals surface area (Å²) in [5.74, 6) is -2.40. The minimum absolute atomic E-state index is 0.0393. The third-order valence-electron chi connectivity index (χ3n) is 3.59. The van der Waals surface area contributed by atoms with E-state index < -0.39 is 33.6 Å². The topological polar surface area (TPSA) is 75.3 Å². The summed E-state index contributed by atoms with van der Waals surface area (Å²) in [7, 11) is -3.74. The third kappa shape index (κ3) is 5.48. The Bertz CT molecular complexity index is 889. The van der Waals surface area contributed by atoms with Gasteiger partial charge in [0.1, 0.15) is 0 Å². The van der Waals surface area contributed by atoms with Gasteiger partial charge in [-0.05, 0) is 48.9 Å². The van der Waals surface area contributed by atoms with Gasteiger partial charge in [-0.15, -0.1) is 0 Å². The van der Waals surface area contributed by atoms with Crippen LogP contribution in [0.3, 0.4) is 0 Å². The van der Waals surface area contributed by atoms with Crippen LogP contribution in [0.4, 0.5) is 8.78 Å². The number of nitrogens with one attached hydrogen (secondary N) is 2. The van der Waals surface area contributed by atoms with Gasteiger partial charge in [-0.25, -0.2) is 21.9 Å². The second-order valence-electron chi connectivity index (χ2n) is 5.56. The van der Waals surface area contributed by atoms with Crippen molar-refractivity contribution in [1.82, 2.24) is 10.0 Å². The molecule has 2 aromatic rings. The number of benzene rings is 2.